The van der Waals surface area contributed by atoms with Crippen LogP contribution in [0.15, 0.2) is 4.99 Å². The van der Waals surface area contributed by atoms with Crippen LogP contribution in [-0.2, 0) is 4.74 Å². The first-order valence-electron chi connectivity index (χ1n) is 5.77. The minimum atomic E-state index is 0. The Balaban J connectivity index is 0.00000128. The number of guanidine groups is 1. The molecule has 2 aliphatic rings. The number of hydrogen-bond donors (Lipinski definition) is 1. The van der Waals surface area contributed by atoms with Crippen molar-refractivity contribution in [1.82, 2.24) is 10.2 Å². The Kier molecular flexibility index (Phi) is 5.30. The maximum Gasteiger partial charge on any atom is 0.193 e. The molecule has 0 unspecified atom stereocenters. The number of hydrogen-bond acceptors (Lipinski definition) is 2. The van der Waals surface area contributed by atoms with Crippen LogP contribution >= 0.6 is 24.0 Å². The number of aliphatic imine (C=N–C) groups is 1. The van der Waals surface area contributed by atoms with Crippen molar-refractivity contribution < 1.29 is 4.74 Å². The van der Waals surface area contributed by atoms with Gasteiger partial charge in [-0.15, -0.1) is 24.0 Å². The predicted molar refractivity (Wildman–Crippen MR) is 76.5 cm³/mol. The molecule has 2 rings (SSSR count). The number of halogens is 1. The van der Waals surface area contributed by atoms with E-state index in [1.54, 1.807) is 0 Å². The van der Waals surface area contributed by atoms with Crippen molar-refractivity contribution in [3.8, 4) is 0 Å². The Morgan fingerprint density at radius 2 is 2.00 bits per heavy atom. The zero-order valence-electron chi connectivity index (χ0n) is 10.2. The average Bonchev–Trinajstić information content (AvgIpc) is 2.69. The predicted octanol–water partition coefficient (Wildman–Crippen LogP) is 1.31. The third-order valence-electron chi connectivity index (χ3n) is 3.19. The van der Waals surface area contributed by atoms with Gasteiger partial charge in [0, 0.05) is 32.1 Å². The summed E-state index contributed by atoms with van der Waals surface area (Å²) in [7, 11) is 1.86. The summed E-state index contributed by atoms with van der Waals surface area (Å²) in [4.78, 5) is 6.66. The summed E-state index contributed by atoms with van der Waals surface area (Å²) < 4.78 is 5.24. The molecule has 2 aliphatic heterocycles. The van der Waals surface area contributed by atoms with Crippen LogP contribution in [0.3, 0.4) is 0 Å². The lowest BCUT2D eigenvalue weighted by Gasteiger charge is -2.39. The van der Waals surface area contributed by atoms with Crippen molar-refractivity contribution in [2.45, 2.75) is 19.8 Å². The van der Waals surface area contributed by atoms with Gasteiger partial charge >= 0.3 is 0 Å². The van der Waals surface area contributed by atoms with E-state index >= 15 is 0 Å². The molecule has 1 N–H and O–H groups in total. The van der Waals surface area contributed by atoms with Gasteiger partial charge in [-0.05, 0) is 12.8 Å². The third kappa shape index (κ3) is 3.23. The van der Waals surface area contributed by atoms with Gasteiger partial charge in [-0.1, -0.05) is 6.92 Å². The van der Waals surface area contributed by atoms with E-state index < -0.39 is 0 Å². The Bertz CT molecular complexity index is 248. The molecular weight excluding hydrogens is 317 g/mol. The third-order valence-corrected chi connectivity index (χ3v) is 3.19. The average molecular weight is 339 g/mol. The number of nitrogens with one attached hydrogen (secondary N) is 1. The molecule has 0 aromatic rings. The molecule has 0 aromatic carbocycles. The van der Waals surface area contributed by atoms with E-state index in [-0.39, 0.29) is 24.0 Å². The highest BCUT2D eigenvalue weighted by Crippen LogP contribution is 2.25. The van der Waals surface area contributed by atoms with Crippen LogP contribution in [0.2, 0.25) is 0 Å². The molecule has 0 aromatic heterocycles. The number of nitrogens with zero attached hydrogens (tertiary/aromatic N) is 2. The number of likely N-dealkylation sites (tertiary alicyclic amines) is 1. The molecule has 0 bridgehead atoms. The van der Waals surface area contributed by atoms with Gasteiger partial charge in [0.05, 0.1) is 13.2 Å². The van der Waals surface area contributed by atoms with Crippen molar-refractivity contribution in [3.05, 3.63) is 0 Å². The van der Waals surface area contributed by atoms with E-state index in [0.29, 0.717) is 5.41 Å². The summed E-state index contributed by atoms with van der Waals surface area (Å²) in [6.45, 7) is 7.25. The van der Waals surface area contributed by atoms with E-state index in [2.05, 4.69) is 22.1 Å². The van der Waals surface area contributed by atoms with Gasteiger partial charge in [-0.2, -0.15) is 0 Å². The standard InChI is InChI=1S/C11H21N3O.HI/c1-11(8-15-9-11)7-13-10(12-2)14-5-3-4-6-14;/h3-9H2,1-2H3,(H,12,13);1H. The fraction of sp³-hybridized carbons (Fsp3) is 0.909. The molecule has 0 spiro atoms. The SMILES string of the molecule is CN=C(NCC1(C)COC1)N1CCCC1.I. The minimum absolute atomic E-state index is 0. The van der Waals surface area contributed by atoms with Crippen LogP contribution in [-0.4, -0.2) is 50.8 Å². The monoisotopic (exact) mass is 339 g/mol. The first-order valence-corrected chi connectivity index (χ1v) is 5.77. The molecule has 2 heterocycles. The molecule has 0 atom stereocenters. The summed E-state index contributed by atoms with van der Waals surface area (Å²) in [5.41, 5.74) is 0.315. The molecule has 0 saturated carbocycles. The van der Waals surface area contributed by atoms with Gasteiger partial charge < -0.3 is 15.0 Å². The molecule has 94 valence electrons. The summed E-state index contributed by atoms with van der Waals surface area (Å²) in [6.07, 6.45) is 2.59. The Morgan fingerprint density at radius 1 is 1.38 bits per heavy atom. The topological polar surface area (TPSA) is 36.9 Å². The molecule has 16 heavy (non-hydrogen) atoms. The van der Waals surface area contributed by atoms with Gasteiger partial charge in [-0.3, -0.25) is 4.99 Å². The van der Waals surface area contributed by atoms with Crippen LogP contribution in [0.1, 0.15) is 19.8 Å². The molecular formula is C11H22IN3O. The summed E-state index contributed by atoms with van der Waals surface area (Å²) >= 11 is 0. The number of ether oxygens (including phenoxy) is 1. The Labute approximate surface area is 115 Å². The quantitative estimate of drug-likeness (QED) is 0.468. The Hall–Kier alpha value is -0.0400. The maximum atomic E-state index is 5.24. The molecule has 0 radical (unpaired) electrons. The van der Waals surface area contributed by atoms with E-state index in [1.165, 1.54) is 12.8 Å². The van der Waals surface area contributed by atoms with Gasteiger partial charge in [0.2, 0.25) is 0 Å². The van der Waals surface area contributed by atoms with Crippen LogP contribution in [0.4, 0.5) is 0 Å². The fourth-order valence-corrected chi connectivity index (χ4v) is 2.11. The van der Waals surface area contributed by atoms with Crippen molar-refractivity contribution >= 4 is 29.9 Å². The van der Waals surface area contributed by atoms with Crippen molar-refractivity contribution in [2.24, 2.45) is 10.4 Å². The molecule has 0 aliphatic carbocycles. The maximum absolute atomic E-state index is 5.24. The lowest BCUT2D eigenvalue weighted by molar-refractivity contribution is -0.0972. The fourth-order valence-electron chi connectivity index (χ4n) is 2.11. The van der Waals surface area contributed by atoms with E-state index in [1.807, 2.05) is 7.05 Å². The summed E-state index contributed by atoms with van der Waals surface area (Å²) in [5, 5.41) is 3.45. The molecule has 0 amide bonds. The van der Waals surface area contributed by atoms with Gasteiger partial charge in [0.15, 0.2) is 5.96 Å². The van der Waals surface area contributed by atoms with Gasteiger partial charge in [0.25, 0.3) is 0 Å². The van der Waals surface area contributed by atoms with Crippen LogP contribution in [0.5, 0.6) is 0 Å². The highest BCUT2D eigenvalue weighted by molar-refractivity contribution is 14.0. The summed E-state index contributed by atoms with van der Waals surface area (Å²) in [6, 6.07) is 0. The molecule has 5 heteroatoms. The molecule has 2 fully saturated rings. The van der Waals surface area contributed by atoms with Crippen LogP contribution in [0.25, 0.3) is 0 Å². The highest BCUT2D eigenvalue weighted by atomic mass is 127. The summed E-state index contributed by atoms with van der Waals surface area (Å²) in [5.74, 6) is 1.06. The molecule has 4 nitrogen and oxygen atoms in total. The van der Waals surface area contributed by atoms with Gasteiger partial charge in [-0.25, -0.2) is 0 Å². The normalized spacial score (nSPS) is 23.6. The van der Waals surface area contributed by atoms with Crippen molar-refractivity contribution in [2.75, 3.05) is 39.9 Å². The first kappa shape index (κ1) is 14.0. The van der Waals surface area contributed by atoms with E-state index in [4.69, 9.17) is 4.74 Å². The zero-order valence-corrected chi connectivity index (χ0v) is 12.5. The second-order valence-corrected chi connectivity index (χ2v) is 4.90. The second kappa shape index (κ2) is 6.05. The number of rotatable bonds is 2. The van der Waals surface area contributed by atoms with E-state index in [0.717, 1.165) is 38.8 Å². The van der Waals surface area contributed by atoms with Crippen LogP contribution < -0.4 is 5.32 Å². The lowest BCUT2D eigenvalue weighted by Crippen LogP contribution is -2.51. The van der Waals surface area contributed by atoms with Crippen LogP contribution in [0, 0.1) is 5.41 Å². The van der Waals surface area contributed by atoms with Gasteiger partial charge in [0.1, 0.15) is 0 Å². The lowest BCUT2D eigenvalue weighted by atomic mass is 9.89. The largest absolute Gasteiger partial charge is 0.380 e. The highest BCUT2D eigenvalue weighted by Gasteiger charge is 2.33. The Morgan fingerprint density at radius 3 is 2.44 bits per heavy atom. The zero-order chi connectivity index (χ0) is 10.7. The second-order valence-electron chi connectivity index (χ2n) is 4.90. The van der Waals surface area contributed by atoms with E-state index in [9.17, 15) is 0 Å². The minimum Gasteiger partial charge on any atom is -0.380 e. The molecule has 2 saturated heterocycles. The smallest absolute Gasteiger partial charge is 0.193 e. The first-order chi connectivity index (χ1) is 7.23. The van der Waals surface area contributed by atoms with Crippen molar-refractivity contribution in [3.63, 3.8) is 0 Å². The van der Waals surface area contributed by atoms with Crippen molar-refractivity contribution in [1.29, 1.82) is 0 Å².